The van der Waals surface area contributed by atoms with Gasteiger partial charge in [-0.05, 0) is 37.5 Å². The standard InChI is InChI=1S/C12H17FN2O2/c13-10-5-4-6-11(9-10)15-12(17)14-7-2-1-3-8-16/h4-6,9,16H,1-3,7-8H2,(H2,14,15,17). The fourth-order valence-corrected chi connectivity index (χ4v) is 1.36. The molecule has 5 heteroatoms. The van der Waals surface area contributed by atoms with E-state index in [1.165, 1.54) is 18.2 Å². The molecule has 0 bridgehead atoms. The Morgan fingerprint density at radius 3 is 2.82 bits per heavy atom. The maximum absolute atomic E-state index is 12.8. The molecule has 0 spiro atoms. The quantitative estimate of drug-likeness (QED) is 0.667. The van der Waals surface area contributed by atoms with Crippen LogP contribution in [0.15, 0.2) is 24.3 Å². The van der Waals surface area contributed by atoms with E-state index in [2.05, 4.69) is 10.6 Å². The van der Waals surface area contributed by atoms with Crippen LogP contribution in [-0.4, -0.2) is 24.3 Å². The van der Waals surface area contributed by atoms with Crippen LogP contribution in [0.3, 0.4) is 0 Å². The third-order valence-electron chi connectivity index (χ3n) is 2.20. The molecule has 0 aromatic heterocycles. The number of unbranched alkanes of at least 4 members (excludes halogenated alkanes) is 2. The molecule has 1 rings (SSSR count). The van der Waals surface area contributed by atoms with Crippen molar-refractivity contribution in [2.45, 2.75) is 19.3 Å². The number of anilines is 1. The second-order valence-corrected chi connectivity index (χ2v) is 3.68. The lowest BCUT2D eigenvalue weighted by Crippen LogP contribution is -2.29. The minimum atomic E-state index is -0.384. The predicted molar refractivity (Wildman–Crippen MR) is 64.4 cm³/mol. The number of carbonyl (C=O) groups is 1. The Balaban J connectivity index is 2.21. The van der Waals surface area contributed by atoms with Crippen LogP contribution in [0.25, 0.3) is 0 Å². The zero-order valence-corrected chi connectivity index (χ0v) is 9.58. The molecular formula is C12H17FN2O2. The van der Waals surface area contributed by atoms with Crippen LogP contribution >= 0.6 is 0 Å². The maximum Gasteiger partial charge on any atom is 0.319 e. The van der Waals surface area contributed by atoms with Crippen LogP contribution in [-0.2, 0) is 0 Å². The van der Waals surface area contributed by atoms with Crippen LogP contribution < -0.4 is 10.6 Å². The number of urea groups is 1. The summed E-state index contributed by atoms with van der Waals surface area (Å²) in [5, 5.41) is 13.7. The van der Waals surface area contributed by atoms with Crippen LogP contribution in [0.2, 0.25) is 0 Å². The van der Waals surface area contributed by atoms with Crippen molar-refractivity contribution in [3.63, 3.8) is 0 Å². The van der Waals surface area contributed by atoms with Crippen molar-refractivity contribution < 1.29 is 14.3 Å². The maximum atomic E-state index is 12.8. The topological polar surface area (TPSA) is 61.4 Å². The number of aliphatic hydroxyl groups excluding tert-OH is 1. The highest BCUT2D eigenvalue weighted by Crippen LogP contribution is 2.08. The predicted octanol–water partition coefficient (Wildman–Crippen LogP) is 2.11. The molecule has 3 N–H and O–H groups in total. The number of carbonyl (C=O) groups excluding carboxylic acids is 1. The minimum absolute atomic E-state index is 0.176. The van der Waals surface area contributed by atoms with Crippen LogP contribution in [0.4, 0.5) is 14.9 Å². The number of hydrogen-bond acceptors (Lipinski definition) is 2. The van der Waals surface area contributed by atoms with Gasteiger partial charge in [0.05, 0.1) is 0 Å². The average Bonchev–Trinajstić information content (AvgIpc) is 2.29. The molecule has 17 heavy (non-hydrogen) atoms. The summed E-state index contributed by atoms with van der Waals surface area (Å²) in [6.45, 7) is 0.719. The van der Waals surface area contributed by atoms with Crippen LogP contribution in [0.5, 0.6) is 0 Å². The molecule has 0 saturated carbocycles. The van der Waals surface area contributed by atoms with Gasteiger partial charge in [0.15, 0.2) is 0 Å². The van der Waals surface area contributed by atoms with E-state index in [0.29, 0.717) is 12.2 Å². The second-order valence-electron chi connectivity index (χ2n) is 3.68. The Morgan fingerprint density at radius 2 is 2.12 bits per heavy atom. The number of amides is 2. The van der Waals surface area contributed by atoms with E-state index in [1.54, 1.807) is 6.07 Å². The Hall–Kier alpha value is -1.62. The van der Waals surface area contributed by atoms with Crippen molar-refractivity contribution in [2.75, 3.05) is 18.5 Å². The molecule has 0 aliphatic heterocycles. The molecular weight excluding hydrogens is 223 g/mol. The Kier molecular flexibility index (Phi) is 6.03. The molecule has 0 unspecified atom stereocenters. The lowest BCUT2D eigenvalue weighted by atomic mass is 10.2. The summed E-state index contributed by atoms with van der Waals surface area (Å²) in [7, 11) is 0. The van der Waals surface area contributed by atoms with Crippen LogP contribution in [0.1, 0.15) is 19.3 Å². The number of aliphatic hydroxyl groups is 1. The lowest BCUT2D eigenvalue weighted by Gasteiger charge is -2.07. The molecule has 1 aromatic carbocycles. The Bertz CT molecular complexity index is 358. The van der Waals surface area contributed by atoms with Crippen molar-refractivity contribution in [1.29, 1.82) is 0 Å². The van der Waals surface area contributed by atoms with E-state index in [-0.39, 0.29) is 18.5 Å². The fourth-order valence-electron chi connectivity index (χ4n) is 1.36. The van der Waals surface area contributed by atoms with Crippen molar-refractivity contribution in [3.8, 4) is 0 Å². The first kappa shape index (κ1) is 13.4. The van der Waals surface area contributed by atoms with Gasteiger partial charge in [0.2, 0.25) is 0 Å². The monoisotopic (exact) mass is 240 g/mol. The zero-order valence-electron chi connectivity index (χ0n) is 9.58. The highest BCUT2D eigenvalue weighted by Gasteiger charge is 2.01. The number of hydrogen-bond donors (Lipinski definition) is 3. The third kappa shape index (κ3) is 5.87. The minimum Gasteiger partial charge on any atom is -0.396 e. The van der Waals surface area contributed by atoms with Gasteiger partial charge in [-0.2, -0.15) is 0 Å². The molecule has 0 atom stereocenters. The zero-order chi connectivity index (χ0) is 12.5. The Morgan fingerprint density at radius 1 is 1.29 bits per heavy atom. The molecule has 0 heterocycles. The first-order valence-electron chi connectivity index (χ1n) is 5.63. The average molecular weight is 240 g/mol. The summed E-state index contributed by atoms with van der Waals surface area (Å²) in [6.07, 6.45) is 2.43. The largest absolute Gasteiger partial charge is 0.396 e. The van der Waals surface area contributed by atoms with Crippen molar-refractivity contribution in [2.24, 2.45) is 0 Å². The summed E-state index contributed by atoms with van der Waals surface area (Å²) in [4.78, 5) is 11.4. The molecule has 4 nitrogen and oxygen atoms in total. The van der Waals surface area contributed by atoms with E-state index in [9.17, 15) is 9.18 Å². The molecule has 2 amide bonds. The van der Waals surface area contributed by atoms with Crippen molar-refractivity contribution >= 4 is 11.7 Å². The molecule has 0 aliphatic rings. The van der Waals surface area contributed by atoms with E-state index >= 15 is 0 Å². The summed E-state index contributed by atoms with van der Waals surface area (Å²) in [5.41, 5.74) is 0.429. The normalized spacial score (nSPS) is 10.0. The van der Waals surface area contributed by atoms with Crippen molar-refractivity contribution in [3.05, 3.63) is 30.1 Å². The highest BCUT2D eigenvalue weighted by molar-refractivity contribution is 5.89. The lowest BCUT2D eigenvalue weighted by molar-refractivity contribution is 0.251. The van der Waals surface area contributed by atoms with Gasteiger partial charge in [0.25, 0.3) is 0 Å². The first-order valence-corrected chi connectivity index (χ1v) is 5.63. The van der Waals surface area contributed by atoms with E-state index < -0.39 is 0 Å². The van der Waals surface area contributed by atoms with Gasteiger partial charge < -0.3 is 15.7 Å². The van der Waals surface area contributed by atoms with Gasteiger partial charge in [-0.25, -0.2) is 9.18 Å². The number of halogens is 1. The third-order valence-corrected chi connectivity index (χ3v) is 2.20. The van der Waals surface area contributed by atoms with Gasteiger partial charge in [-0.15, -0.1) is 0 Å². The molecule has 94 valence electrons. The van der Waals surface area contributed by atoms with E-state index in [4.69, 9.17) is 5.11 Å². The fraction of sp³-hybridized carbons (Fsp3) is 0.417. The summed E-state index contributed by atoms with van der Waals surface area (Å²) >= 11 is 0. The number of nitrogens with one attached hydrogen (secondary N) is 2. The highest BCUT2D eigenvalue weighted by atomic mass is 19.1. The first-order chi connectivity index (χ1) is 8.22. The molecule has 0 radical (unpaired) electrons. The molecule has 1 aromatic rings. The number of rotatable bonds is 6. The number of benzene rings is 1. The van der Waals surface area contributed by atoms with Crippen molar-refractivity contribution in [1.82, 2.24) is 5.32 Å². The van der Waals surface area contributed by atoms with Gasteiger partial charge in [-0.1, -0.05) is 6.07 Å². The summed E-state index contributed by atoms with van der Waals surface area (Å²) in [5.74, 6) is -0.384. The second kappa shape index (κ2) is 7.62. The van der Waals surface area contributed by atoms with Gasteiger partial charge in [0, 0.05) is 18.8 Å². The van der Waals surface area contributed by atoms with E-state index in [0.717, 1.165) is 19.3 Å². The summed E-state index contributed by atoms with van der Waals surface area (Å²) in [6, 6.07) is 5.38. The SMILES string of the molecule is O=C(NCCCCCO)Nc1cccc(F)c1. The summed E-state index contributed by atoms with van der Waals surface area (Å²) < 4.78 is 12.8. The molecule has 0 fully saturated rings. The smallest absolute Gasteiger partial charge is 0.319 e. The van der Waals surface area contributed by atoms with E-state index in [1.807, 2.05) is 0 Å². The van der Waals surface area contributed by atoms with Gasteiger partial charge >= 0.3 is 6.03 Å². The van der Waals surface area contributed by atoms with Gasteiger partial charge in [-0.3, -0.25) is 0 Å². The Labute approximate surface area is 99.8 Å². The van der Waals surface area contributed by atoms with Gasteiger partial charge in [0.1, 0.15) is 5.82 Å². The molecule has 0 saturated heterocycles. The molecule has 0 aliphatic carbocycles. The van der Waals surface area contributed by atoms with Crippen LogP contribution in [0, 0.1) is 5.82 Å².